The third kappa shape index (κ3) is 5.36. The molecule has 0 bridgehead atoms. The summed E-state index contributed by atoms with van der Waals surface area (Å²) in [5, 5.41) is 0. The van der Waals surface area contributed by atoms with Crippen LogP contribution >= 0.6 is 0 Å². The summed E-state index contributed by atoms with van der Waals surface area (Å²) in [6, 6.07) is 13.4. The maximum absolute atomic E-state index is 13.2. The molecular formula is C39H50BN3O4. The van der Waals surface area contributed by atoms with E-state index in [1.165, 1.54) is 59.8 Å². The molecule has 1 saturated heterocycles. The van der Waals surface area contributed by atoms with E-state index in [4.69, 9.17) is 19.0 Å². The summed E-state index contributed by atoms with van der Waals surface area (Å²) in [5.41, 5.74) is 8.03. The Morgan fingerprint density at radius 2 is 1.57 bits per heavy atom. The van der Waals surface area contributed by atoms with Crippen LogP contribution in [0.25, 0.3) is 22.4 Å². The fourth-order valence-corrected chi connectivity index (χ4v) is 8.35. The van der Waals surface area contributed by atoms with E-state index >= 15 is 0 Å². The number of carbonyl (C=O) groups excluding carboxylic acids is 1. The monoisotopic (exact) mass is 635 g/mol. The Labute approximate surface area is 280 Å². The van der Waals surface area contributed by atoms with Gasteiger partial charge in [0.15, 0.2) is 0 Å². The molecule has 8 heteroatoms. The van der Waals surface area contributed by atoms with Crippen molar-refractivity contribution in [1.82, 2.24) is 14.9 Å². The zero-order valence-electron chi connectivity index (χ0n) is 29.7. The van der Waals surface area contributed by atoms with Crippen LogP contribution < -0.4 is 5.46 Å². The molecule has 7 nitrogen and oxygen atoms in total. The van der Waals surface area contributed by atoms with Gasteiger partial charge in [-0.1, -0.05) is 60.9 Å². The minimum absolute atomic E-state index is 0.240. The largest absolute Gasteiger partial charge is 0.495 e. The molecule has 4 aliphatic rings. The molecule has 1 N–H and O–H groups in total. The molecule has 0 radical (unpaired) electrons. The van der Waals surface area contributed by atoms with Crippen molar-refractivity contribution in [3.8, 4) is 22.4 Å². The normalized spacial score (nSPS) is 24.2. The van der Waals surface area contributed by atoms with Crippen LogP contribution in [0, 0.1) is 0 Å². The first-order chi connectivity index (χ1) is 22.0. The predicted octanol–water partition coefficient (Wildman–Crippen LogP) is 8.21. The maximum Gasteiger partial charge on any atom is 0.495 e. The molecule has 2 fully saturated rings. The van der Waals surface area contributed by atoms with Crippen molar-refractivity contribution >= 4 is 18.7 Å². The summed E-state index contributed by atoms with van der Waals surface area (Å²) < 4.78 is 18.9. The summed E-state index contributed by atoms with van der Waals surface area (Å²) in [5.74, 6) is 0.721. The zero-order chi connectivity index (χ0) is 33.6. The fourth-order valence-electron chi connectivity index (χ4n) is 8.35. The predicted molar refractivity (Wildman–Crippen MR) is 188 cm³/mol. The molecule has 2 aliphatic carbocycles. The Balaban J connectivity index is 1.20. The average Bonchev–Trinajstić information content (AvgIpc) is 3.81. The number of amides is 1. The van der Waals surface area contributed by atoms with Gasteiger partial charge in [0.1, 0.15) is 17.0 Å². The smallest absolute Gasteiger partial charge is 0.444 e. The van der Waals surface area contributed by atoms with E-state index in [1.54, 1.807) is 4.90 Å². The standard InChI is InChI=1S/C39H50BN3O4/c1-25-22-38(9,43(24-25)34(44)45-35(2,3)4)33-41-23-31(42-33)27-14-12-26(13-15-27)28-16-17-30(40-46-36(5,6)37(7,8)47-40)29-18-21-39(32(28)29)19-10-11-20-39/h12-17,22-23H,10-11,18-21,24H2,1-9H3,(H,41,42). The number of imidazole rings is 1. The summed E-state index contributed by atoms with van der Waals surface area (Å²) in [6.07, 6.45) is 11.0. The number of H-pyrrole nitrogens is 1. The van der Waals surface area contributed by atoms with E-state index < -0.39 is 11.1 Å². The van der Waals surface area contributed by atoms with E-state index in [0.717, 1.165) is 29.1 Å². The molecule has 1 atom stereocenters. The molecule has 1 amide bonds. The zero-order valence-corrected chi connectivity index (χ0v) is 29.7. The van der Waals surface area contributed by atoms with Gasteiger partial charge in [0.25, 0.3) is 0 Å². The SMILES string of the molecule is CC1=CC(C)(c2ncc(-c3ccc(-c4ccc(B5OC(C)(C)C(C)(C)O5)c5c4C4(CCCC4)CC5)cc3)[nH]2)N(C(=O)OC(C)(C)C)C1. The number of carbonyl (C=O) groups is 1. The van der Waals surface area contributed by atoms with Crippen LogP contribution in [0.4, 0.5) is 4.79 Å². The van der Waals surface area contributed by atoms with Crippen LogP contribution in [-0.2, 0) is 31.4 Å². The van der Waals surface area contributed by atoms with Crippen LogP contribution in [0.15, 0.2) is 54.2 Å². The first kappa shape index (κ1) is 32.2. The number of nitrogens with zero attached hydrogens (tertiary/aromatic N) is 2. The second-order valence-electron chi connectivity index (χ2n) is 16.6. The first-order valence-electron chi connectivity index (χ1n) is 17.4. The van der Waals surface area contributed by atoms with Gasteiger partial charge in [-0.05, 0) is 127 Å². The molecule has 1 saturated carbocycles. The van der Waals surface area contributed by atoms with Crippen LogP contribution in [0.2, 0.25) is 0 Å². The molecule has 2 aromatic carbocycles. The van der Waals surface area contributed by atoms with E-state index in [-0.39, 0.29) is 29.8 Å². The summed E-state index contributed by atoms with van der Waals surface area (Å²) >= 11 is 0. The van der Waals surface area contributed by atoms with Crippen molar-refractivity contribution in [2.45, 2.75) is 129 Å². The highest BCUT2D eigenvalue weighted by atomic mass is 16.7. The van der Waals surface area contributed by atoms with Gasteiger partial charge in [-0.3, -0.25) is 4.90 Å². The third-order valence-electron chi connectivity index (χ3n) is 11.5. The van der Waals surface area contributed by atoms with Gasteiger partial charge in [-0.2, -0.15) is 0 Å². The molecule has 1 unspecified atom stereocenters. The maximum atomic E-state index is 13.2. The minimum Gasteiger partial charge on any atom is -0.444 e. The van der Waals surface area contributed by atoms with Crippen molar-refractivity contribution in [2.75, 3.05) is 6.54 Å². The van der Waals surface area contributed by atoms with Crippen molar-refractivity contribution in [3.05, 3.63) is 71.2 Å². The molecule has 1 spiro atoms. The van der Waals surface area contributed by atoms with E-state index in [2.05, 4.69) is 75.2 Å². The van der Waals surface area contributed by atoms with Crippen LogP contribution in [0.5, 0.6) is 0 Å². The van der Waals surface area contributed by atoms with Gasteiger partial charge in [0, 0.05) is 6.54 Å². The Hall–Kier alpha value is -3.36. The minimum atomic E-state index is -0.723. The van der Waals surface area contributed by atoms with E-state index in [9.17, 15) is 4.79 Å². The van der Waals surface area contributed by atoms with Gasteiger partial charge in [-0.15, -0.1) is 0 Å². The second kappa shape index (κ2) is 10.8. The first-order valence-corrected chi connectivity index (χ1v) is 17.4. The number of rotatable bonds is 4. The molecule has 7 rings (SSSR count). The van der Waals surface area contributed by atoms with Crippen LogP contribution in [-0.4, -0.2) is 51.4 Å². The molecule has 47 heavy (non-hydrogen) atoms. The van der Waals surface area contributed by atoms with Crippen molar-refractivity contribution in [2.24, 2.45) is 0 Å². The topological polar surface area (TPSA) is 76.7 Å². The summed E-state index contributed by atoms with van der Waals surface area (Å²) in [6.45, 7) is 18.8. The lowest BCUT2D eigenvalue weighted by atomic mass is 9.70. The molecule has 2 aliphatic heterocycles. The molecule has 3 heterocycles. The fraction of sp³-hybridized carbons (Fsp3) is 0.538. The Morgan fingerprint density at radius 1 is 0.936 bits per heavy atom. The lowest BCUT2D eigenvalue weighted by molar-refractivity contribution is 0.00578. The van der Waals surface area contributed by atoms with Crippen molar-refractivity contribution in [1.29, 1.82) is 0 Å². The molecular weight excluding hydrogens is 585 g/mol. The van der Waals surface area contributed by atoms with Gasteiger partial charge in [0.2, 0.25) is 0 Å². The number of aromatic nitrogens is 2. The summed E-state index contributed by atoms with van der Waals surface area (Å²) in [4.78, 5) is 23.3. The van der Waals surface area contributed by atoms with Gasteiger partial charge in [0.05, 0.1) is 23.1 Å². The second-order valence-corrected chi connectivity index (χ2v) is 16.6. The molecule has 1 aromatic heterocycles. The number of fused-ring (bicyclic) bond motifs is 2. The number of hydrogen-bond acceptors (Lipinski definition) is 5. The lowest BCUT2D eigenvalue weighted by Crippen LogP contribution is -2.46. The number of ether oxygens (including phenoxy) is 1. The average molecular weight is 636 g/mol. The summed E-state index contributed by atoms with van der Waals surface area (Å²) in [7, 11) is -0.345. The Kier molecular flexibility index (Phi) is 7.42. The van der Waals surface area contributed by atoms with Crippen LogP contribution in [0.3, 0.4) is 0 Å². The van der Waals surface area contributed by atoms with Crippen molar-refractivity contribution < 1.29 is 18.8 Å². The van der Waals surface area contributed by atoms with E-state index in [0.29, 0.717) is 6.54 Å². The van der Waals surface area contributed by atoms with E-state index in [1.807, 2.05) is 40.8 Å². The highest BCUT2D eigenvalue weighted by molar-refractivity contribution is 6.62. The number of hydrogen-bond donors (Lipinski definition) is 1. The van der Waals surface area contributed by atoms with Crippen molar-refractivity contribution in [3.63, 3.8) is 0 Å². The van der Waals surface area contributed by atoms with Crippen LogP contribution in [0.1, 0.15) is 111 Å². The van der Waals surface area contributed by atoms with Gasteiger partial charge < -0.3 is 19.0 Å². The quantitative estimate of drug-likeness (QED) is 0.231. The van der Waals surface area contributed by atoms with Gasteiger partial charge >= 0.3 is 13.2 Å². The lowest BCUT2D eigenvalue weighted by Gasteiger charge is -2.34. The highest BCUT2D eigenvalue weighted by Gasteiger charge is 2.54. The number of nitrogens with one attached hydrogen (secondary N) is 1. The Morgan fingerprint density at radius 3 is 2.21 bits per heavy atom. The molecule has 3 aromatic rings. The van der Waals surface area contributed by atoms with Gasteiger partial charge in [-0.25, -0.2) is 9.78 Å². The molecule has 248 valence electrons. The third-order valence-corrected chi connectivity index (χ3v) is 11.5. The number of aromatic amines is 1. The highest BCUT2D eigenvalue weighted by Crippen LogP contribution is 2.53. The Bertz CT molecular complexity index is 1730. The number of benzene rings is 2.